The van der Waals surface area contributed by atoms with E-state index in [0.717, 1.165) is 50.1 Å². The Morgan fingerprint density at radius 3 is 2.02 bits per heavy atom. The van der Waals surface area contributed by atoms with Gasteiger partial charge in [0.1, 0.15) is 5.58 Å². The Morgan fingerprint density at radius 2 is 1.35 bits per heavy atom. The molecule has 10 aromatic rings. The number of hydrogen-bond donors (Lipinski definition) is 0. The minimum atomic E-state index is -0.278. The van der Waals surface area contributed by atoms with E-state index in [0.29, 0.717) is 16.7 Å². The van der Waals surface area contributed by atoms with Gasteiger partial charge in [0.15, 0.2) is 0 Å². The van der Waals surface area contributed by atoms with Crippen molar-refractivity contribution in [2.45, 2.75) is 39.5 Å². The van der Waals surface area contributed by atoms with E-state index in [1.54, 1.807) is 18.3 Å². The van der Waals surface area contributed by atoms with E-state index in [2.05, 4.69) is 140 Å². The third kappa shape index (κ3) is 8.11. The van der Waals surface area contributed by atoms with Crippen LogP contribution in [0.25, 0.3) is 83.6 Å². The molecule has 0 fully saturated rings. The summed E-state index contributed by atoms with van der Waals surface area (Å²) in [6.07, 6.45) is 1.70. The third-order valence-electron chi connectivity index (χ3n) is 11.0. The molecule has 0 bridgehead atoms. The van der Waals surface area contributed by atoms with E-state index < -0.39 is 0 Å². The van der Waals surface area contributed by atoms with Crippen LogP contribution in [0.2, 0.25) is 0 Å². The van der Waals surface area contributed by atoms with Crippen LogP contribution in [0.15, 0.2) is 168 Å². The number of rotatable bonds is 7. The summed E-state index contributed by atoms with van der Waals surface area (Å²) in [6.45, 7) is 9.07. The van der Waals surface area contributed by atoms with Crippen LogP contribution in [-0.2, 0) is 20.1 Å². The van der Waals surface area contributed by atoms with Gasteiger partial charge in [0.2, 0.25) is 0 Å². The molecule has 3 aromatic heterocycles. The normalized spacial score (nSPS) is 11.1. The molecular formula is C55H41FIrN4O-2. The number of pyridine rings is 1. The van der Waals surface area contributed by atoms with Gasteiger partial charge in [0, 0.05) is 43.2 Å². The van der Waals surface area contributed by atoms with Gasteiger partial charge in [-0.05, 0) is 93.4 Å². The molecule has 0 N–H and O–H groups in total. The summed E-state index contributed by atoms with van der Waals surface area (Å²) in [5.41, 5.74) is 14.8. The maximum atomic E-state index is 12.6. The Hall–Kier alpha value is -6.97. The minimum absolute atomic E-state index is 0. The largest absolute Gasteiger partial charge is 0.500 e. The fourth-order valence-corrected chi connectivity index (χ4v) is 7.96. The van der Waals surface area contributed by atoms with E-state index in [-0.39, 0.29) is 37.8 Å². The molecule has 0 saturated carbocycles. The third-order valence-corrected chi connectivity index (χ3v) is 11.0. The molecule has 1 radical (unpaired) electrons. The quantitative estimate of drug-likeness (QED) is 0.149. The second-order valence-electron chi connectivity index (χ2n) is 15.7. The van der Waals surface area contributed by atoms with Crippen molar-refractivity contribution in [1.82, 2.24) is 14.5 Å². The molecule has 10 rings (SSSR count). The van der Waals surface area contributed by atoms with Gasteiger partial charge in [-0.25, -0.2) is 0 Å². The molecule has 5 nitrogen and oxygen atoms in total. The molecule has 0 aliphatic heterocycles. The van der Waals surface area contributed by atoms with Crippen LogP contribution in [-0.4, -0.2) is 14.5 Å². The zero-order valence-corrected chi connectivity index (χ0v) is 37.0. The Bertz CT molecular complexity index is 3170. The second-order valence-corrected chi connectivity index (χ2v) is 15.7. The van der Waals surface area contributed by atoms with E-state index in [9.17, 15) is 9.65 Å². The number of benzene rings is 7. The fourth-order valence-electron chi connectivity index (χ4n) is 7.96. The summed E-state index contributed by atoms with van der Waals surface area (Å²) in [5.74, 6) is 0.987. The van der Waals surface area contributed by atoms with Crippen molar-refractivity contribution in [3.05, 3.63) is 199 Å². The molecule has 0 aliphatic carbocycles. The predicted octanol–water partition coefficient (Wildman–Crippen LogP) is 14.5. The van der Waals surface area contributed by atoms with E-state index in [4.69, 9.17) is 9.40 Å². The summed E-state index contributed by atoms with van der Waals surface area (Å²) < 4.78 is 21.4. The maximum Gasteiger partial charge on any atom is 0.122 e. The van der Waals surface area contributed by atoms with Crippen LogP contribution < -0.4 is 0 Å². The standard InChI is InChI=1S/C44H34N3O.C11H7FN.Ir/c1-27(2)37-24-33(32-20-18-31(19-21-32)30-11-6-5-7-12-30)25-38(28(3)4)42(37)47-40-16-9-8-15-39(40)46-44(47)36-14-10-13-35-34-22-17-29(26-45)23-41(34)48-43(35)36;12-10-6-4-9(5-7-10)11-3-1-2-8-13-11;/h5-13,15-25,27-28H,1-4H3;1-4,6-8H;/q2*-1;. The number of hydrogen-bond acceptors (Lipinski definition) is 4. The second kappa shape index (κ2) is 17.9. The Morgan fingerprint density at radius 1 is 0.677 bits per heavy atom. The number of nitrogens with zero attached hydrogens (tertiary/aromatic N) is 4. The van der Waals surface area contributed by atoms with E-state index >= 15 is 0 Å². The van der Waals surface area contributed by atoms with Gasteiger partial charge < -0.3 is 14.0 Å². The molecule has 0 atom stereocenters. The van der Waals surface area contributed by atoms with E-state index in [1.165, 1.54) is 45.5 Å². The number of aromatic nitrogens is 3. The molecular weight excluding hydrogens is 944 g/mol. The molecule has 0 spiro atoms. The molecule has 0 amide bonds. The molecule has 7 aromatic carbocycles. The van der Waals surface area contributed by atoms with Crippen molar-refractivity contribution >= 4 is 33.0 Å². The average molecular weight is 985 g/mol. The van der Waals surface area contributed by atoms with Crippen molar-refractivity contribution < 1.29 is 28.9 Å². The Kier molecular flexibility index (Phi) is 12.1. The van der Waals surface area contributed by atoms with Crippen LogP contribution >= 0.6 is 0 Å². The Balaban J connectivity index is 0.000000323. The van der Waals surface area contributed by atoms with Crippen LogP contribution in [0.4, 0.5) is 4.39 Å². The van der Waals surface area contributed by atoms with Crippen LogP contribution in [0.1, 0.15) is 56.2 Å². The molecule has 0 aliphatic rings. The monoisotopic (exact) mass is 985 g/mol. The van der Waals surface area contributed by atoms with Gasteiger partial charge in [-0.2, -0.15) is 5.26 Å². The van der Waals surface area contributed by atoms with Crippen LogP contribution in [0.5, 0.6) is 0 Å². The van der Waals surface area contributed by atoms with Gasteiger partial charge in [-0.3, -0.25) is 9.37 Å². The molecule has 62 heavy (non-hydrogen) atoms. The van der Waals surface area contributed by atoms with Crippen molar-refractivity contribution in [3.63, 3.8) is 0 Å². The van der Waals surface area contributed by atoms with Crippen LogP contribution in [0, 0.1) is 29.3 Å². The number of halogens is 1. The Labute approximate surface area is 374 Å². The SMILES string of the molecule is CC(C)c1cc(-c2ccc(-c3ccccc3)cc2)cc(C(C)C)c1-n1c(-c2[c-]ccc3c2oc2cc(C#N)ccc23)nc2ccccc21.Fc1c[c-]c(-c2ccccn2)cc1.[Ir]. The van der Waals surface area contributed by atoms with Gasteiger partial charge in [0.25, 0.3) is 0 Å². The first kappa shape index (κ1) is 41.8. The number of imidazole rings is 1. The number of para-hydroxylation sites is 2. The first-order valence-electron chi connectivity index (χ1n) is 20.4. The number of furan rings is 1. The van der Waals surface area contributed by atoms with Crippen molar-refractivity contribution in [2.24, 2.45) is 0 Å². The van der Waals surface area contributed by atoms with Gasteiger partial charge >= 0.3 is 0 Å². The topological polar surface area (TPSA) is 67.6 Å². The summed E-state index contributed by atoms with van der Waals surface area (Å²) in [6, 6.07) is 60.6. The van der Waals surface area contributed by atoms with E-state index in [1.807, 2.05) is 48.5 Å². The molecule has 305 valence electrons. The van der Waals surface area contributed by atoms with Gasteiger partial charge in [0.05, 0.1) is 34.1 Å². The van der Waals surface area contributed by atoms with Crippen molar-refractivity contribution in [1.29, 1.82) is 5.26 Å². The molecule has 0 unspecified atom stereocenters. The smallest absolute Gasteiger partial charge is 0.122 e. The maximum absolute atomic E-state index is 12.6. The minimum Gasteiger partial charge on any atom is -0.500 e. The van der Waals surface area contributed by atoms with Gasteiger partial charge in [-0.1, -0.05) is 124 Å². The van der Waals surface area contributed by atoms with Crippen LogP contribution in [0.3, 0.4) is 0 Å². The first-order chi connectivity index (χ1) is 29.8. The zero-order chi connectivity index (χ0) is 42.0. The predicted molar refractivity (Wildman–Crippen MR) is 245 cm³/mol. The zero-order valence-electron chi connectivity index (χ0n) is 34.7. The number of nitriles is 1. The van der Waals surface area contributed by atoms with Crippen molar-refractivity contribution in [3.8, 4) is 56.7 Å². The van der Waals surface area contributed by atoms with Crippen molar-refractivity contribution in [2.75, 3.05) is 0 Å². The summed E-state index contributed by atoms with van der Waals surface area (Å²) >= 11 is 0. The molecule has 7 heteroatoms. The summed E-state index contributed by atoms with van der Waals surface area (Å²) in [5, 5.41) is 11.5. The molecule has 0 saturated heterocycles. The first-order valence-corrected chi connectivity index (χ1v) is 20.4. The fraction of sp³-hybridized carbons (Fsp3) is 0.109. The van der Waals surface area contributed by atoms with Gasteiger partial charge in [-0.15, -0.1) is 48.0 Å². The summed E-state index contributed by atoms with van der Waals surface area (Å²) in [7, 11) is 0. The summed E-state index contributed by atoms with van der Waals surface area (Å²) in [4.78, 5) is 9.38. The molecule has 3 heterocycles. The number of fused-ring (bicyclic) bond motifs is 4. The average Bonchev–Trinajstić information content (AvgIpc) is 3.88.